The number of aryl methyl sites for hydroxylation is 2. The zero-order valence-electron chi connectivity index (χ0n) is 15.2. The van der Waals surface area contributed by atoms with Crippen LogP contribution in [0.2, 0.25) is 0 Å². The first-order valence-electron chi connectivity index (χ1n) is 8.72. The van der Waals surface area contributed by atoms with E-state index in [9.17, 15) is 9.59 Å². The van der Waals surface area contributed by atoms with Crippen molar-refractivity contribution < 1.29 is 14.3 Å². The first-order valence-corrected chi connectivity index (χ1v) is 9.51. The molecular formula is C20H20BrN3O3. The van der Waals surface area contributed by atoms with Gasteiger partial charge in [0.05, 0.1) is 6.04 Å². The Morgan fingerprint density at radius 3 is 2.74 bits per heavy atom. The SMILES string of the molecule is Cc1ccc(NC(=O)[C@H]2[C@H]3NC(=O)N[C@@]2(C)Oc2ccc(Br)cc23)c(C)c1. The lowest BCUT2D eigenvalue weighted by atomic mass is 9.80. The summed E-state index contributed by atoms with van der Waals surface area (Å²) in [5.74, 6) is -0.209. The highest BCUT2D eigenvalue weighted by Gasteiger charge is 2.55. The Balaban J connectivity index is 1.73. The van der Waals surface area contributed by atoms with E-state index in [-0.39, 0.29) is 11.9 Å². The van der Waals surface area contributed by atoms with E-state index in [1.807, 2.05) is 50.2 Å². The van der Waals surface area contributed by atoms with Gasteiger partial charge >= 0.3 is 6.03 Å². The summed E-state index contributed by atoms with van der Waals surface area (Å²) in [6, 6.07) is 10.6. The summed E-state index contributed by atoms with van der Waals surface area (Å²) in [5, 5.41) is 8.66. The summed E-state index contributed by atoms with van der Waals surface area (Å²) in [6.45, 7) is 5.69. The molecule has 4 rings (SSSR count). The smallest absolute Gasteiger partial charge is 0.318 e. The number of carbonyl (C=O) groups is 2. The Morgan fingerprint density at radius 2 is 2.00 bits per heavy atom. The topological polar surface area (TPSA) is 79.5 Å². The Hall–Kier alpha value is -2.54. The molecule has 2 aromatic carbocycles. The molecule has 0 aliphatic carbocycles. The average Bonchev–Trinajstić information content (AvgIpc) is 2.57. The molecule has 7 heteroatoms. The van der Waals surface area contributed by atoms with Gasteiger partial charge in [0, 0.05) is 15.7 Å². The molecule has 2 heterocycles. The minimum Gasteiger partial charge on any atom is -0.467 e. The molecule has 0 unspecified atom stereocenters. The van der Waals surface area contributed by atoms with Crippen LogP contribution >= 0.6 is 15.9 Å². The number of nitrogens with one attached hydrogen (secondary N) is 3. The van der Waals surface area contributed by atoms with Crippen molar-refractivity contribution in [3.8, 4) is 5.75 Å². The van der Waals surface area contributed by atoms with Gasteiger partial charge in [-0.1, -0.05) is 33.6 Å². The van der Waals surface area contributed by atoms with Crippen LogP contribution in [-0.2, 0) is 4.79 Å². The number of amides is 3. The highest BCUT2D eigenvalue weighted by molar-refractivity contribution is 9.10. The maximum absolute atomic E-state index is 13.2. The number of ether oxygens (including phenoxy) is 1. The largest absolute Gasteiger partial charge is 0.467 e. The normalized spacial score (nSPS) is 25.6. The predicted molar refractivity (Wildman–Crippen MR) is 106 cm³/mol. The molecule has 3 amide bonds. The summed E-state index contributed by atoms with van der Waals surface area (Å²) in [4.78, 5) is 25.4. The molecule has 0 aromatic heterocycles. The van der Waals surface area contributed by atoms with Crippen LogP contribution in [0.3, 0.4) is 0 Å². The lowest BCUT2D eigenvalue weighted by Crippen LogP contribution is -2.70. The fourth-order valence-electron chi connectivity index (χ4n) is 3.88. The second-order valence-electron chi connectivity index (χ2n) is 7.25. The molecule has 2 bridgehead atoms. The Morgan fingerprint density at radius 1 is 1.22 bits per heavy atom. The van der Waals surface area contributed by atoms with Crippen LogP contribution in [-0.4, -0.2) is 17.7 Å². The van der Waals surface area contributed by atoms with Crippen LogP contribution in [0.25, 0.3) is 0 Å². The quantitative estimate of drug-likeness (QED) is 0.679. The van der Waals surface area contributed by atoms with E-state index in [2.05, 4.69) is 31.9 Å². The number of rotatable bonds is 2. The number of fused-ring (bicyclic) bond motifs is 4. The highest BCUT2D eigenvalue weighted by atomic mass is 79.9. The molecule has 0 saturated carbocycles. The van der Waals surface area contributed by atoms with Crippen LogP contribution in [0.1, 0.15) is 29.7 Å². The van der Waals surface area contributed by atoms with Gasteiger partial charge in [-0.05, 0) is 50.6 Å². The summed E-state index contributed by atoms with van der Waals surface area (Å²) in [5.41, 5.74) is 2.49. The second-order valence-corrected chi connectivity index (χ2v) is 8.17. The summed E-state index contributed by atoms with van der Waals surface area (Å²) >= 11 is 3.45. The highest BCUT2D eigenvalue weighted by Crippen LogP contribution is 2.46. The standard InChI is InChI=1S/C20H20BrN3O3/c1-10-4-6-14(11(2)8-10)22-18(25)16-17-13-9-12(21)5-7-15(13)27-20(16,3)24-19(26)23-17/h4-9,16-17H,1-3H3,(H,22,25)(H2,23,24,26)/t16-,17+,20+/m1/s1. The van der Waals surface area contributed by atoms with Gasteiger partial charge in [0.2, 0.25) is 5.91 Å². The second kappa shape index (κ2) is 6.27. The van der Waals surface area contributed by atoms with Gasteiger partial charge < -0.3 is 15.4 Å². The number of carbonyl (C=O) groups excluding carboxylic acids is 2. The molecule has 1 saturated heterocycles. The van der Waals surface area contributed by atoms with Crippen molar-refractivity contribution in [2.24, 2.45) is 5.92 Å². The summed E-state index contributed by atoms with van der Waals surface area (Å²) in [7, 11) is 0. The lowest BCUT2D eigenvalue weighted by molar-refractivity contribution is -0.133. The van der Waals surface area contributed by atoms with Crippen LogP contribution in [0.15, 0.2) is 40.9 Å². The number of anilines is 1. The van der Waals surface area contributed by atoms with Gasteiger partial charge in [-0.3, -0.25) is 10.1 Å². The molecule has 3 atom stereocenters. The maximum Gasteiger partial charge on any atom is 0.318 e. The molecule has 140 valence electrons. The van der Waals surface area contributed by atoms with Crippen molar-refractivity contribution in [3.05, 3.63) is 57.6 Å². The van der Waals surface area contributed by atoms with Crippen LogP contribution in [0.5, 0.6) is 5.75 Å². The molecule has 27 heavy (non-hydrogen) atoms. The fraction of sp³-hybridized carbons (Fsp3) is 0.300. The van der Waals surface area contributed by atoms with Gasteiger partial charge in [-0.15, -0.1) is 0 Å². The molecule has 0 spiro atoms. The zero-order valence-corrected chi connectivity index (χ0v) is 16.8. The maximum atomic E-state index is 13.2. The van der Waals surface area contributed by atoms with E-state index in [1.165, 1.54) is 0 Å². The first-order chi connectivity index (χ1) is 12.8. The molecule has 0 radical (unpaired) electrons. The molecule has 6 nitrogen and oxygen atoms in total. The van der Waals surface area contributed by atoms with Crippen molar-refractivity contribution in [3.63, 3.8) is 0 Å². The summed E-state index contributed by atoms with van der Waals surface area (Å²) in [6.07, 6.45) is 0. The van der Waals surface area contributed by atoms with Crippen molar-refractivity contribution in [1.29, 1.82) is 0 Å². The monoisotopic (exact) mass is 429 g/mol. The predicted octanol–water partition coefficient (Wildman–Crippen LogP) is 3.78. The number of halogens is 1. The van der Waals surface area contributed by atoms with Crippen molar-refractivity contribution in [2.45, 2.75) is 32.5 Å². The molecule has 1 fully saturated rings. The minimum absolute atomic E-state index is 0.215. The van der Waals surface area contributed by atoms with Gasteiger partial charge in [0.1, 0.15) is 11.7 Å². The number of benzene rings is 2. The van der Waals surface area contributed by atoms with Crippen molar-refractivity contribution in [1.82, 2.24) is 10.6 Å². The van der Waals surface area contributed by atoms with E-state index in [4.69, 9.17) is 4.74 Å². The number of hydrogen-bond acceptors (Lipinski definition) is 3. The van der Waals surface area contributed by atoms with Gasteiger partial charge in [-0.2, -0.15) is 0 Å². The van der Waals surface area contributed by atoms with Crippen LogP contribution in [0, 0.1) is 19.8 Å². The van der Waals surface area contributed by atoms with E-state index in [0.29, 0.717) is 5.75 Å². The molecule has 2 aromatic rings. The van der Waals surface area contributed by atoms with E-state index in [0.717, 1.165) is 26.9 Å². The number of hydrogen-bond donors (Lipinski definition) is 3. The molecular weight excluding hydrogens is 410 g/mol. The number of urea groups is 1. The summed E-state index contributed by atoms with van der Waals surface area (Å²) < 4.78 is 6.94. The fourth-order valence-corrected chi connectivity index (χ4v) is 4.26. The van der Waals surface area contributed by atoms with Crippen molar-refractivity contribution in [2.75, 3.05) is 5.32 Å². The molecule has 2 aliphatic rings. The first kappa shape index (κ1) is 17.9. The van der Waals surface area contributed by atoms with E-state index < -0.39 is 17.7 Å². The van der Waals surface area contributed by atoms with Crippen molar-refractivity contribution >= 4 is 33.6 Å². The van der Waals surface area contributed by atoms with Gasteiger partial charge in [0.15, 0.2) is 5.72 Å². The lowest BCUT2D eigenvalue weighted by Gasteiger charge is -2.49. The third-order valence-electron chi connectivity index (χ3n) is 5.13. The van der Waals surface area contributed by atoms with E-state index >= 15 is 0 Å². The third kappa shape index (κ3) is 3.06. The average molecular weight is 430 g/mol. The van der Waals surface area contributed by atoms with Gasteiger partial charge in [0.25, 0.3) is 0 Å². The Bertz CT molecular complexity index is 961. The third-order valence-corrected chi connectivity index (χ3v) is 5.62. The van der Waals surface area contributed by atoms with E-state index in [1.54, 1.807) is 6.92 Å². The molecule has 3 N–H and O–H groups in total. The minimum atomic E-state index is -1.14. The van der Waals surface area contributed by atoms with Crippen LogP contribution in [0.4, 0.5) is 10.5 Å². The zero-order chi connectivity index (χ0) is 19.3. The van der Waals surface area contributed by atoms with Gasteiger partial charge in [-0.25, -0.2) is 4.79 Å². The Kier molecular flexibility index (Phi) is 4.14. The van der Waals surface area contributed by atoms with Crippen LogP contribution < -0.4 is 20.7 Å². The molecule has 2 aliphatic heterocycles. The Labute approximate surface area is 165 Å².